The SMILES string of the molecule is C=CC1Oc2c(c(=O)n(-c3ccccc3)c3ccccc23)-c2ccccc21. The minimum Gasteiger partial charge on any atom is -0.480 e. The van der Waals surface area contributed by atoms with Crippen molar-refractivity contribution in [2.75, 3.05) is 0 Å². The summed E-state index contributed by atoms with van der Waals surface area (Å²) < 4.78 is 8.03. The summed E-state index contributed by atoms with van der Waals surface area (Å²) in [5.74, 6) is 0.631. The van der Waals surface area contributed by atoms with E-state index in [1.807, 2.05) is 78.9 Å². The van der Waals surface area contributed by atoms with Crippen molar-refractivity contribution in [2.45, 2.75) is 6.10 Å². The number of para-hydroxylation sites is 2. The highest BCUT2D eigenvalue weighted by Crippen LogP contribution is 2.44. The molecule has 130 valence electrons. The molecule has 3 heteroatoms. The van der Waals surface area contributed by atoms with Gasteiger partial charge in [-0.2, -0.15) is 0 Å². The molecule has 0 N–H and O–H groups in total. The summed E-state index contributed by atoms with van der Waals surface area (Å²) in [5.41, 5.74) is 4.06. The Bertz CT molecular complexity index is 1240. The molecule has 0 bridgehead atoms. The van der Waals surface area contributed by atoms with Crippen LogP contribution in [0.15, 0.2) is 96.3 Å². The summed E-state index contributed by atoms with van der Waals surface area (Å²) in [6.07, 6.45) is 1.50. The van der Waals surface area contributed by atoms with Crippen LogP contribution in [-0.4, -0.2) is 4.57 Å². The quantitative estimate of drug-likeness (QED) is 0.460. The molecule has 27 heavy (non-hydrogen) atoms. The highest BCUT2D eigenvalue weighted by Gasteiger charge is 2.29. The Hall–Kier alpha value is -3.59. The smallest absolute Gasteiger partial charge is 0.267 e. The molecule has 1 atom stereocenters. The standard InChI is InChI=1S/C24H17NO2/c1-2-21-17-12-6-7-13-18(17)22-23(27-21)19-14-8-9-15-20(19)25(24(22)26)16-10-4-3-5-11-16/h2-15,21H,1H2. The van der Waals surface area contributed by atoms with Crippen LogP contribution in [0.25, 0.3) is 27.7 Å². The lowest BCUT2D eigenvalue weighted by atomic mass is 9.92. The molecule has 0 spiro atoms. The number of rotatable bonds is 2. The normalized spacial score (nSPS) is 14.9. The van der Waals surface area contributed by atoms with E-state index in [-0.39, 0.29) is 11.7 Å². The average molecular weight is 351 g/mol. The zero-order valence-electron chi connectivity index (χ0n) is 14.6. The van der Waals surface area contributed by atoms with E-state index in [1.54, 1.807) is 10.6 Å². The second kappa shape index (κ2) is 5.99. The van der Waals surface area contributed by atoms with E-state index in [1.165, 1.54) is 0 Å². The number of benzene rings is 3. The number of aromatic nitrogens is 1. The third-order valence-corrected chi connectivity index (χ3v) is 5.04. The molecule has 5 rings (SSSR count). The molecular weight excluding hydrogens is 334 g/mol. The largest absolute Gasteiger partial charge is 0.480 e. The average Bonchev–Trinajstić information content (AvgIpc) is 2.73. The Morgan fingerprint density at radius 1 is 0.889 bits per heavy atom. The summed E-state index contributed by atoms with van der Waals surface area (Å²) in [6, 6.07) is 25.5. The lowest BCUT2D eigenvalue weighted by Crippen LogP contribution is -2.25. The first-order valence-electron chi connectivity index (χ1n) is 8.91. The van der Waals surface area contributed by atoms with Crippen LogP contribution in [0.3, 0.4) is 0 Å². The third kappa shape index (κ3) is 2.25. The third-order valence-electron chi connectivity index (χ3n) is 5.04. The van der Waals surface area contributed by atoms with Crippen molar-refractivity contribution < 1.29 is 4.74 Å². The number of fused-ring (bicyclic) bond motifs is 5. The van der Waals surface area contributed by atoms with E-state index in [0.29, 0.717) is 11.3 Å². The fraction of sp³-hybridized carbons (Fsp3) is 0.0417. The molecule has 0 amide bonds. The van der Waals surface area contributed by atoms with Crippen LogP contribution < -0.4 is 10.3 Å². The molecule has 0 aliphatic carbocycles. The van der Waals surface area contributed by atoms with Gasteiger partial charge in [-0.15, -0.1) is 0 Å². The Labute approximate surface area is 156 Å². The molecule has 4 aromatic rings. The van der Waals surface area contributed by atoms with Gasteiger partial charge in [-0.05, 0) is 35.9 Å². The Kier molecular flexibility index (Phi) is 3.47. The maximum atomic E-state index is 13.6. The summed E-state index contributed by atoms with van der Waals surface area (Å²) >= 11 is 0. The molecular formula is C24H17NO2. The van der Waals surface area contributed by atoms with E-state index in [0.717, 1.165) is 27.7 Å². The van der Waals surface area contributed by atoms with E-state index < -0.39 is 0 Å². The number of pyridine rings is 1. The number of hydrogen-bond donors (Lipinski definition) is 0. The van der Waals surface area contributed by atoms with Crippen molar-refractivity contribution >= 4 is 10.9 Å². The number of hydrogen-bond acceptors (Lipinski definition) is 2. The molecule has 2 heterocycles. The van der Waals surface area contributed by atoms with E-state index in [2.05, 4.69) is 6.58 Å². The zero-order valence-corrected chi connectivity index (χ0v) is 14.6. The summed E-state index contributed by atoms with van der Waals surface area (Å²) in [6.45, 7) is 3.92. The van der Waals surface area contributed by atoms with Gasteiger partial charge in [0.2, 0.25) is 0 Å². The van der Waals surface area contributed by atoms with Crippen LogP contribution >= 0.6 is 0 Å². The molecule has 1 unspecified atom stereocenters. The van der Waals surface area contributed by atoms with Crippen LogP contribution in [0.1, 0.15) is 11.7 Å². The van der Waals surface area contributed by atoms with Crippen molar-refractivity contribution in [2.24, 2.45) is 0 Å². The fourth-order valence-corrected chi connectivity index (χ4v) is 3.85. The Balaban J connectivity index is 1.97. The first kappa shape index (κ1) is 15.6. The van der Waals surface area contributed by atoms with E-state index in [9.17, 15) is 4.79 Å². The second-order valence-electron chi connectivity index (χ2n) is 6.56. The van der Waals surface area contributed by atoms with Gasteiger partial charge in [-0.25, -0.2) is 0 Å². The minimum absolute atomic E-state index is 0.0788. The summed E-state index contributed by atoms with van der Waals surface area (Å²) in [7, 11) is 0. The minimum atomic E-state index is -0.274. The molecule has 0 fully saturated rings. The highest BCUT2D eigenvalue weighted by atomic mass is 16.5. The molecule has 1 aliphatic heterocycles. The van der Waals surface area contributed by atoms with Crippen LogP contribution in [0, 0.1) is 0 Å². The van der Waals surface area contributed by atoms with Crippen molar-refractivity contribution in [1.29, 1.82) is 0 Å². The van der Waals surface area contributed by atoms with Crippen LogP contribution in [0.5, 0.6) is 5.75 Å². The monoisotopic (exact) mass is 351 g/mol. The lowest BCUT2D eigenvalue weighted by Gasteiger charge is -2.28. The van der Waals surface area contributed by atoms with Crippen molar-refractivity contribution in [1.82, 2.24) is 4.57 Å². The molecule has 0 saturated heterocycles. The molecule has 0 radical (unpaired) electrons. The maximum Gasteiger partial charge on any atom is 0.267 e. The predicted octanol–water partition coefficient (Wildman–Crippen LogP) is 5.28. The lowest BCUT2D eigenvalue weighted by molar-refractivity contribution is 0.255. The van der Waals surface area contributed by atoms with Gasteiger partial charge < -0.3 is 4.74 Å². The summed E-state index contributed by atoms with van der Waals surface area (Å²) in [4.78, 5) is 13.6. The fourth-order valence-electron chi connectivity index (χ4n) is 3.85. The molecule has 1 aromatic heterocycles. The van der Waals surface area contributed by atoms with Gasteiger partial charge in [-0.3, -0.25) is 9.36 Å². The van der Waals surface area contributed by atoms with Gasteiger partial charge in [0.25, 0.3) is 5.56 Å². The second-order valence-corrected chi connectivity index (χ2v) is 6.56. The molecule has 1 aliphatic rings. The van der Waals surface area contributed by atoms with Crippen LogP contribution in [0.4, 0.5) is 0 Å². The zero-order chi connectivity index (χ0) is 18.4. The first-order valence-corrected chi connectivity index (χ1v) is 8.91. The maximum absolute atomic E-state index is 13.6. The van der Waals surface area contributed by atoms with E-state index in [4.69, 9.17) is 4.74 Å². The van der Waals surface area contributed by atoms with E-state index >= 15 is 0 Å². The van der Waals surface area contributed by atoms with Crippen molar-refractivity contribution in [3.63, 3.8) is 0 Å². The van der Waals surface area contributed by atoms with Gasteiger partial charge in [0, 0.05) is 16.6 Å². The van der Waals surface area contributed by atoms with Gasteiger partial charge >= 0.3 is 0 Å². The van der Waals surface area contributed by atoms with Gasteiger partial charge in [0.15, 0.2) is 0 Å². The van der Waals surface area contributed by atoms with Gasteiger partial charge in [-0.1, -0.05) is 61.2 Å². The summed E-state index contributed by atoms with van der Waals surface area (Å²) in [5, 5.41) is 0.914. The van der Waals surface area contributed by atoms with Crippen LogP contribution in [-0.2, 0) is 0 Å². The molecule has 3 aromatic carbocycles. The van der Waals surface area contributed by atoms with Gasteiger partial charge in [0.05, 0.1) is 11.1 Å². The molecule has 3 nitrogen and oxygen atoms in total. The molecule has 0 saturated carbocycles. The van der Waals surface area contributed by atoms with Gasteiger partial charge in [0.1, 0.15) is 11.9 Å². The topological polar surface area (TPSA) is 31.2 Å². The Morgan fingerprint density at radius 3 is 2.41 bits per heavy atom. The number of nitrogens with zero attached hydrogens (tertiary/aromatic N) is 1. The first-order chi connectivity index (χ1) is 13.3. The van der Waals surface area contributed by atoms with Crippen molar-refractivity contribution in [3.05, 3.63) is 107 Å². The van der Waals surface area contributed by atoms with Crippen molar-refractivity contribution in [3.8, 4) is 22.6 Å². The van der Waals surface area contributed by atoms with Crippen LogP contribution in [0.2, 0.25) is 0 Å². The highest BCUT2D eigenvalue weighted by molar-refractivity contribution is 5.95. The number of ether oxygens (including phenoxy) is 1. The Morgan fingerprint density at radius 2 is 1.59 bits per heavy atom. The predicted molar refractivity (Wildman–Crippen MR) is 109 cm³/mol.